The quantitative estimate of drug-likeness (QED) is 0.539. The third-order valence-electron chi connectivity index (χ3n) is 5.21. The smallest absolute Gasteiger partial charge is 0.341 e. The Kier molecular flexibility index (Phi) is 4.00. The van der Waals surface area contributed by atoms with Crippen LogP contribution < -0.4 is 10.7 Å². The van der Waals surface area contributed by atoms with Crippen LogP contribution in [0.2, 0.25) is 0 Å². The van der Waals surface area contributed by atoms with E-state index in [1.165, 1.54) is 12.3 Å². The third-order valence-corrected chi connectivity index (χ3v) is 5.21. The Morgan fingerprint density at radius 3 is 2.70 bits per heavy atom. The van der Waals surface area contributed by atoms with E-state index in [-0.39, 0.29) is 16.9 Å². The molecule has 0 radical (unpaired) electrons. The number of halogens is 2. The molecule has 0 spiro atoms. The normalized spacial score (nSPS) is 13.0. The van der Waals surface area contributed by atoms with Gasteiger partial charge in [0.1, 0.15) is 17.6 Å². The van der Waals surface area contributed by atoms with E-state index < -0.39 is 34.0 Å². The number of nitrogens with one attached hydrogen (secondary N) is 1. The van der Waals surface area contributed by atoms with Crippen molar-refractivity contribution < 1.29 is 23.2 Å². The number of nitrogens with zero attached hydrogens (tertiary/aromatic N) is 2. The Morgan fingerprint density at radius 2 is 1.97 bits per heavy atom. The van der Waals surface area contributed by atoms with Gasteiger partial charge >= 0.3 is 5.97 Å². The zero-order valence-electron chi connectivity index (χ0n) is 15.3. The lowest BCUT2D eigenvalue weighted by atomic mass is 9.97. The second-order valence-corrected chi connectivity index (χ2v) is 6.94. The van der Waals surface area contributed by atoms with Crippen LogP contribution in [0.4, 0.5) is 8.78 Å². The molecule has 7 nitrogen and oxygen atoms in total. The first kappa shape index (κ1) is 18.2. The van der Waals surface area contributed by atoms with Crippen LogP contribution in [0.1, 0.15) is 21.5 Å². The van der Waals surface area contributed by atoms with Crippen LogP contribution in [-0.2, 0) is 13.1 Å². The lowest BCUT2D eigenvalue weighted by Gasteiger charge is -2.14. The van der Waals surface area contributed by atoms with Gasteiger partial charge in [0, 0.05) is 25.4 Å². The summed E-state index contributed by atoms with van der Waals surface area (Å²) in [4.78, 5) is 24.1. The molecule has 4 aromatic rings. The summed E-state index contributed by atoms with van der Waals surface area (Å²) in [7, 11) is 0. The number of carbonyl (C=O) groups is 1. The molecule has 2 aromatic carbocycles. The van der Waals surface area contributed by atoms with Crippen molar-refractivity contribution in [1.82, 2.24) is 15.0 Å². The monoisotopic (exact) mass is 409 g/mol. The van der Waals surface area contributed by atoms with Crippen LogP contribution in [0.25, 0.3) is 27.8 Å². The van der Waals surface area contributed by atoms with Crippen molar-refractivity contribution in [1.29, 1.82) is 0 Å². The van der Waals surface area contributed by atoms with E-state index in [2.05, 4.69) is 10.5 Å². The van der Waals surface area contributed by atoms with Crippen molar-refractivity contribution in [2.75, 3.05) is 0 Å². The lowest BCUT2D eigenvalue weighted by molar-refractivity contribution is 0.0695. The van der Waals surface area contributed by atoms with Gasteiger partial charge in [0.05, 0.1) is 16.5 Å². The number of hydrogen-bond donors (Lipinski definition) is 2. The molecule has 5 rings (SSSR count). The average molecular weight is 409 g/mol. The van der Waals surface area contributed by atoms with Crippen molar-refractivity contribution in [3.05, 3.63) is 81.3 Å². The largest absolute Gasteiger partial charge is 0.477 e. The van der Waals surface area contributed by atoms with Crippen molar-refractivity contribution >= 4 is 16.9 Å². The molecule has 150 valence electrons. The summed E-state index contributed by atoms with van der Waals surface area (Å²) >= 11 is 0. The van der Waals surface area contributed by atoms with Crippen molar-refractivity contribution in [2.24, 2.45) is 0 Å². The van der Waals surface area contributed by atoms with Crippen molar-refractivity contribution in [3.8, 4) is 16.9 Å². The lowest BCUT2D eigenvalue weighted by Crippen LogP contribution is -2.19. The van der Waals surface area contributed by atoms with E-state index in [9.17, 15) is 14.7 Å². The maximum atomic E-state index is 15.7. The number of rotatable bonds is 3. The van der Waals surface area contributed by atoms with Gasteiger partial charge in [-0.3, -0.25) is 9.36 Å². The SMILES string of the molecule is O=C(O)c1cn(-c2ccon2)c2c(F)c(-c3ccc4c(c3)CNC4)c(F)cc2c1=O. The van der Waals surface area contributed by atoms with E-state index in [4.69, 9.17) is 4.52 Å². The van der Waals surface area contributed by atoms with Gasteiger partial charge in [0.25, 0.3) is 0 Å². The zero-order chi connectivity index (χ0) is 21.0. The highest BCUT2D eigenvalue weighted by molar-refractivity contribution is 5.95. The van der Waals surface area contributed by atoms with Crippen LogP contribution in [-0.4, -0.2) is 20.8 Å². The molecule has 0 saturated carbocycles. The zero-order valence-corrected chi connectivity index (χ0v) is 15.3. The third kappa shape index (κ3) is 2.63. The molecule has 2 N–H and O–H groups in total. The van der Waals surface area contributed by atoms with Gasteiger partial charge in [-0.25, -0.2) is 13.6 Å². The van der Waals surface area contributed by atoms with E-state index >= 15 is 8.78 Å². The first-order valence-electron chi connectivity index (χ1n) is 9.00. The molecule has 0 atom stereocenters. The fourth-order valence-electron chi connectivity index (χ4n) is 3.79. The summed E-state index contributed by atoms with van der Waals surface area (Å²) in [5, 5.41) is 15.8. The molecule has 0 aliphatic carbocycles. The summed E-state index contributed by atoms with van der Waals surface area (Å²) in [6, 6.07) is 7.35. The van der Waals surface area contributed by atoms with Gasteiger partial charge in [-0.05, 0) is 28.8 Å². The van der Waals surface area contributed by atoms with E-state index in [1.807, 2.05) is 0 Å². The number of benzene rings is 2. The number of carboxylic acids is 1. The highest BCUT2D eigenvalue weighted by atomic mass is 19.1. The first-order valence-corrected chi connectivity index (χ1v) is 9.00. The Hall–Kier alpha value is -3.85. The molecule has 1 aliphatic heterocycles. The van der Waals surface area contributed by atoms with Crippen LogP contribution >= 0.6 is 0 Å². The van der Waals surface area contributed by atoms with Gasteiger partial charge in [-0.15, -0.1) is 0 Å². The summed E-state index contributed by atoms with van der Waals surface area (Å²) in [5.74, 6) is -3.42. The molecule has 0 fully saturated rings. The maximum absolute atomic E-state index is 15.7. The van der Waals surface area contributed by atoms with Gasteiger partial charge in [-0.2, -0.15) is 0 Å². The minimum absolute atomic E-state index is 0.0529. The number of aromatic carboxylic acids is 1. The topological polar surface area (TPSA) is 97.4 Å². The Balaban J connectivity index is 1.88. The standard InChI is InChI=1S/C21H13F2N3O4/c22-15-6-13-19(18(23)17(15)10-1-2-11-7-24-8-12(11)5-10)26(16-3-4-30-25-16)9-14(20(13)27)21(28)29/h1-6,9,24H,7-8H2,(H,28,29). The molecule has 0 bridgehead atoms. The number of hydrogen-bond acceptors (Lipinski definition) is 5. The minimum atomic E-state index is -1.52. The Morgan fingerprint density at radius 1 is 1.17 bits per heavy atom. The second-order valence-electron chi connectivity index (χ2n) is 6.94. The minimum Gasteiger partial charge on any atom is -0.477 e. The first-order chi connectivity index (χ1) is 14.5. The number of carboxylic acid groups (broad SMARTS) is 1. The van der Waals surface area contributed by atoms with Gasteiger partial charge in [-0.1, -0.05) is 17.3 Å². The molecular formula is C21H13F2N3O4. The van der Waals surface area contributed by atoms with Gasteiger partial charge in [0.2, 0.25) is 5.43 Å². The van der Waals surface area contributed by atoms with Crippen LogP contribution in [0.15, 0.2) is 52.1 Å². The Bertz CT molecular complexity index is 1390. The fourth-order valence-corrected chi connectivity index (χ4v) is 3.79. The average Bonchev–Trinajstić information content (AvgIpc) is 3.40. The number of pyridine rings is 1. The summed E-state index contributed by atoms with van der Waals surface area (Å²) in [6.07, 6.45) is 2.18. The Labute approximate surface area is 167 Å². The molecule has 9 heteroatoms. The van der Waals surface area contributed by atoms with Gasteiger partial charge in [0.15, 0.2) is 11.6 Å². The van der Waals surface area contributed by atoms with Gasteiger partial charge < -0.3 is 14.9 Å². The maximum Gasteiger partial charge on any atom is 0.341 e. The summed E-state index contributed by atoms with van der Waals surface area (Å²) in [6.45, 7) is 1.27. The second kappa shape index (κ2) is 6.60. The fraction of sp³-hybridized carbons (Fsp3) is 0.0952. The molecule has 0 saturated heterocycles. The molecule has 2 aromatic heterocycles. The van der Waals surface area contributed by atoms with E-state index in [1.54, 1.807) is 18.2 Å². The molecule has 0 amide bonds. The highest BCUT2D eigenvalue weighted by Crippen LogP contribution is 2.34. The highest BCUT2D eigenvalue weighted by Gasteiger charge is 2.24. The molecular weight excluding hydrogens is 396 g/mol. The molecule has 30 heavy (non-hydrogen) atoms. The van der Waals surface area contributed by atoms with Crippen molar-refractivity contribution in [3.63, 3.8) is 0 Å². The molecule has 1 aliphatic rings. The predicted molar refractivity (Wildman–Crippen MR) is 102 cm³/mol. The number of fused-ring (bicyclic) bond motifs is 2. The van der Waals surface area contributed by atoms with Crippen LogP contribution in [0, 0.1) is 11.6 Å². The van der Waals surface area contributed by atoms with Crippen LogP contribution in [0.3, 0.4) is 0 Å². The van der Waals surface area contributed by atoms with E-state index in [0.29, 0.717) is 18.7 Å². The van der Waals surface area contributed by atoms with Crippen molar-refractivity contribution in [2.45, 2.75) is 13.1 Å². The van der Waals surface area contributed by atoms with E-state index in [0.717, 1.165) is 28.0 Å². The number of aromatic nitrogens is 2. The summed E-state index contributed by atoms with van der Waals surface area (Å²) < 4.78 is 36.6. The predicted octanol–water partition coefficient (Wildman–Crippen LogP) is 3.23. The summed E-state index contributed by atoms with van der Waals surface area (Å²) in [5.41, 5.74) is 0.0783. The van der Waals surface area contributed by atoms with Crippen LogP contribution in [0.5, 0.6) is 0 Å². The molecule has 0 unspecified atom stereocenters. The molecule has 3 heterocycles.